The van der Waals surface area contributed by atoms with E-state index in [9.17, 15) is 0 Å². The quantitative estimate of drug-likeness (QED) is 0.851. The molecule has 0 aromatic heterocycles. The smallest absolute Gasteiger partial charge is 0.00780 e. The van der Waals surface area contributed by atoms with E-state index in [0.717, 1.165) is 5.92 Å². The van der Waals surface area contributed by atoms with E-state index in [1.807, 2.05) is 0 Å². The summed E-state index contributed by atoms with van der Waals surface area (Å²) in [7, 11) is 0. The van der Waals surface area contributed by atoms with Gasteiger partial charge in [-0.1, -0.05) is 44.5 Å². The third-order valence-corrected chi connectivity index (χ3v) is 5.91. The van der Waals surface area contributed by atoms with Crippen molar-refractivity contribution in [3.05, 3.63) is 35.4 Å². The van der Waals surface area contributed by atoms with Gasteiger partial charge in [-0.05, 0) is 66.9 Å². The van der Waals surface area contributed by atoms with E-state index < -0.39 is 0 Å². The fraction of sp³-hybridized carbons (Fsp3) is 0.684. The molecule has 0 spiro atoms. The van der Waals surface area contributed by atoms with Crippen LogP contribution >= 0.6 is 0 Å². The predicted octanol–water partition coefficient (Wildman–Crippen LogP) is 4.65. The number of hydrogen-bond acceptors (Lipinski definition) is 1. The van der Waals surface area contributed by atoms with E-state index in [1.165, 1.54) is 44.9 Å². The first kappa shape index (κ1) is 14.1. The highest BCUT2D eigenvalue weighted by Gasteiger charge is 2.39. The van der Waals surface area contributed by atoms with Gasteiger partial charge in [0.15, 0.2) is 0 Å². The minimum atomic E-state index is 0.378. The molecule has 1 aromatic rings. The molecule has 1 aromatic carbocycles. The summed E-state index contributed by atoms with van der Waals surface area (Å²) < 4.78 is 0. The monoisotopic (exact) mass is 271 g/mol. The Kier molecular flexibility index (Phi) is 3.90. The second kappa shape index (κ2) is 5.52. The van der Waals surface area contributed by atoms with E-state index in [1.54, 1.807) is 11.1 Å². The molecule has 110 valence electrons. The first-order valence-electron chi connectivity index (χ1n) is 8.41. The minimum absolute atomic E-state index is 0.378. The van der Waals surface area contributed by atoms with Crippen LogP contribution in [0.25, 0.3) is 0 Å². The van der Waals surface area contributed by atoms with Crippen LogP contribution in [-0.4, -0.2) is 6.04 Å². The second-order valence-corrected chi connectivity index (χ2v) is 7.67. The van der Waals surface area contributed by atoms with Gasteiger partial charge in [-0.25, -0.2) is 0 Å². The van der Waals surface area contributed by atoms with Crippen molar-refractivity contribution in [2.75, 3.05) is 0 Å². The van der Waals surface area contributed by atoms with Crippen molar-refractivity contribution < 1.29 is 0 Å². The zero-order chi connectivity index (χ0) is 14.2. The molecule has 3 atom stereocenters. The van der Waals surface area contributed by atoms with Crippen molar-refractivity contribution in [3.63, 3.8) is 0 Å². The molecule has 3 rings (SSSR count). The number of benzene rings is 1. The van der Waals surface area contributed by atoms with Crippen molar-refractivity contribution in [2.24, 2.45) is 17.1 Å². The van der Waals surface area contributed by atoms with E-state index in [0.29, 0.717) is 17.4 Å². The average molecular weight is 271 g/mol. The minimum Gasteiger partial charge on any atom is -0.327 e. The second-order valence-electron chi connectivity index (χ2n) is 7.67. The molecule has 2 aliphatic rings. The van der Waals surface area contributed by atoms with Gasteiger partial charge < -0.3 is 5.73 Å². The Morgan fingerprint density at radius 3 is 2.75 bits per heavy atom. The molecule has 0 amide bonds. The number of hydrogen-bond donors (Lipinski definition) is 1. The summed E-state index contributed by atoms with van der Waals surface area (Å²) in [5, 5.41) is 0. The third-order valence-electron chi connectivity index (χ3n) is 5.91. The molecular formula is C19H29N. The van der Waals surface area contributed by atoms with Crippen LogP contribution in [0.4, 0.5) is 0 Å². The van der Waals surface area contributed by atoms with Crippen molar-refractivity contribution in [2.45, 2.75) is 70.8 Å². The lowest BCUT2D eigenvalue weighted by molar-refractivity contribution is 0.206. The highest BCUT2D eigenvalue weighted by Crippen LogP contribution is 2.46. The Morgan fingerprint density at radius 1 is 1.20 bits per heavy atom. The summed E-state index contributed by atoms with van der Waals surface area (Å²) >= 11 is 0. The highest BCUT2D eigenvalue weighted by molar-refractivity contribution is 5.32. The fourth-order valence-corrected chi connectivity index (χ4v) is 4.74. The number of fused-ring (bicyclic) bond motifs is 1. The van der Waals surface area contributed by atoms with Crippen molar-refractivity contribution in [1.29, 1.82) is 0 Å². The third kappa shape index (κ3) is 2.65. The Morgan fingerprint density at radius 2 is 2.00 bits per heavy atom. The maximum atomic E-state index is 6.64. The summed E-state index contributed by atoms with van der Waals surface area (Å²) in [6.07, 6.45) is 9.17. The van der Waals surface area contributed by atoms with Crippen molar-refractivity contribution in [1.82, 2.24) is 0 Å². The van der Waals surface area contributed by atoms with Crippen LogP contribution in [-0.2, 0) is 6.42 Å². The van der Waals surface area contributed by atoms with Crippen LogP contribution in [0.3, 0.4) is 0 Å². The number of rotatable bonds is 3. The molecule has 0 heterocycles. The van der Waals surface area contributed by atoms with Crippen LogP contribution in [0, 0.1) is 11.3 Å². The average Bonchev–Trinajstić information content (AvgIpc) is 2.79. The SMILES string of the molecule is CC1(C)CCCC1C(N)CC1CCCc2ccccc21. The molecule has 0 aliphatic heterocycles. The lowest BCUT2D eigenvalue weighted by Crippen LogP contribution is -2.38. The van der Waals surface area contributed by atoms with Gasteiger partial charge in [-0.2, -0.15) is 0 Å². The predicted molar refractivity (Wildman–Crippen MR) is 85.8 cm³/mol. The van der Waals surface area contributed by atoms with Crippen LogP contribution in [0.1, 0.15) is 69.4 Å². The zero-order valence-corrected chi connectivity index (χ0v) is 13.1. The molecule has 1 fully saturated rings. The Bertz CT molecular complexity index is 463. The van der Waals surface area contributed by atoms with E-state index in [2.05, 4.69) is 38.1 Å². The summed E-state index contributed by atoms with van der Waals surface area (Å²) in [6.45, 7) is 4.83. The molecule has 3 unspecified atom stereocenters. The maximum Gasteiger partial charge on any atom is 0.00780 e. The normalized spacial score (nSPS) is 29.9. The van der Waals surface area contributed by atoms with Crippen molar-refractivity contribution >= 4 is 0 Å². The van der Waals surface area contributed by atoms with E-state index >= 15 is 0 Å². The van der Waals surface area contributed by atoms with E-state index in [4.69, 9.17) is 5.73 Å². The van der Waals surface area contributed by atoms with Gasteiger partial charge in [-0.3, -0.25) is 0 Å². The van der Waals surface area contributed by atoms with Gasteiger partial charge in [-0.15, -0.1) is 0 Å². The summed E-state index contributed by atoms with van der Waals surface area (Å²) in [4.78, 5) is 0. The molecule has 0 bridgehead atoms. The largest absolute Gasteiger partial charge is 0.327 e. The lowest BCUT2D eigenvalue weighted by Gasteiger charge is -2.35. The van der Waals surface area contributed by atoms with Crippen LogP contribution in [0.15, 0.2) is 24.3 Å². The molecule has 1 saturated carbocycles. The Balaban J connectivity index is 1.73. The fourth-order valence-electron chi connectivity index (χ4n) is 4.74. The summed E-state index contributed by atoms with van der Waals surface area (Å²) in [5.74, 6) is 1.42. The van der Waals surface area contributed by atoms with Gasteiger partial charge in [0.05, 0.1) is 0 Å². The van der Waals surface area contributed by atoms with E-state index in [-0.39, 0.29) is 0 Å². The number of aryl methyl sites for hydroxylation is 1. The first-order chi connectivity index (χ1) is 9.58. The van der Waals surface area contributed by atoms with Gasteiger partial charge in [0.25, 0.3) is 0 Å². The molecule has 2 aliphatic carbocycles. The van der Waals surface area contributed by atoms with Crippen LogP contribution in [0.5, 0.6) is 0 Å². The molecule has 20 heavy (non-hydrogen) atoms. The molecule has 0 saturated heterocycles. The summed E-state index contributed by atoms with van der Waals surface area (Å²) in [6, 6.07) is 9.41. The molecule has 2 N–H and O–H groups in total. The highest BCUT2D eigenvalue weighted by atomic mass is 14.7. The molecule has 1 heteroatoms. The molecule has 1 nitrogen and oxygen atoms in total. The number of nitrogens with two attached hydrogens (primary N) is 1. The topological polar surface area (TPSA) is 26.0 Å². The van der Waals surface area contributed by atoms with Gasteiger partial charge in [0.1, 0.15) is 0 Å². The van der Waals surface area contributed by atoms with Gasteiger partial charge in [0.2, 0.25) is 0 Å². The Hall–Kier alpha value is -0.820. The lowest BCUT2D eigenvalue weighted by atomic mass is 9.72. The van der Waals surface area contributed by atoms with Crippen LogP contribution in [0.2, 0.25) is 0 Å². The van der Waals surface area contributed by atoms with Crippen LogP contribution < -0.4 is 5.73 Å². The zero-order valence-electron chi connectivity index (χ0n) is 13.1. The molecule has 0 radical (unpaired) electrons. The standard InChI is InChI=1S/C19H29N/c1-19(2)12-6-11-17(19)18(20)13-15-9-5-8-14-7-3-4-10-16(14)15/h3-4,7,10,15,17-18H,5-6,8-9,11-13,20H2,1-2H3. The van der Waals surface area contributed by atoms with Gasteiger partial charge >= 0.3 is 0 Å². The summed E-state index contributed by atoms with van der Waals surface area (Å²) in [5.41, 5.74) is 10.3. The maximum absolute atomic E-state index is 6.64. The Labute approximate surface area is 124 Å². The first-order valence-corrected chi connectivity index (χ1v) is 8.41. The van der Waals surface area contributed by atoms with Crippen molar-refractivity contribution in [3.8, 4) is 0 Å². The van der Waals surface area contributed by atoms with Gasteiger partial charge in [0, 0.05) is 6.04 Å². The molecular weight excluding hydrogens is 242 g/mol.